The zero-order valence-corrected chi connectivity index (χ0v) is 14.4. The van der Waals surface area contributed by atoms with Gasteiger partial charge in [-0.05, 0) is 30.3 Å². The molecule has 0 radical (unpaired) electrons. The normalized spacial score (nSPS) is 10.5. The lowest BCUT2D eigenvalue weighted by Gasteiger charge is -2.10. The molecule has 0 aliphatic rings. The van der Waals surface area contributed by atoms with Gasteiger partial charge in [0.25, 0.3) is 5.91 Å². The molecule has 0 atom stereocenters. The van der Waals surface area contributed by atoms with Gasteiger partial charge in [0, 0.05) is 16.6 Å². The number of thiazole rings is 1. The van der Waals surface area contributed by atoms with Crippen molar-refractivity contribution in [2.24, 2.45) is 0 Å². The average Bonchev–Trinajstić information content (AvgIpc) is 3.03. The number of nitrogen functional groups attached to an aromatic ring is 1. The van der Waals surface area contributed by atoms with Gasteiger partial charge in [-0.3, -0.25) is 4.79 Å². The molecule has 0 aliphatic heterocycles. The predicted octanol–water partition coefficient (Wildman–Crippen LogP) is 4.20. The van der Waals surface area contributed by atoms with Crippen molar-refractivity contribution in [2.75, 3.05) is 17.7 Å². The molecular weight excluding hydrogens is 365 g/mol. The largest absolute Gasteiger partial charge is 0.483 e. The number of hydrogen-bond donors (Lipinski definition) is 2. The molecule has 0 bridgehead atoms. The number of nitrogens with one attached hydrogen (secondary N) is 1. The van der Waals surface area contributed by atoms with Crippen LogP contribution in [0.1, 0.15) is 0 Å². The van der Waals surface area contributed by atoms with Crippen molar-refractivity contribution in [3.05, 3.63) is 58.7 Å². The first kappa shape index (κ1) is 17.2. The second-order valence-corrected chi connectivity index (χ2v) is 6.33. The van der Waals surface area contributed by atoms with Gasteiger partial charge in [-0.25, -0.2) is 9.37 Å². The maximum atomic E-state index is 13.1. The van der Waals surface area contributed by atoms with Crippen LogP contribution in [-0.2, 0) is 4.79 Å². The number of hydrogen-bond acceptors (Lipinski definition) is 5. The molecule has 1 aromatic heterocycles. The summed E-state index contributed by atoms with van der Waals surface area (Å²) in [6.07, 6.45) is 0. The molecule has 0 saturated carbocycles. The van der Waals surface area contributed by atoms with Gasteiger partial charge in [0.2, 0.25) is 0 Å². The predicted molar refractivity (Wildman–Crippen MR) is 97.5 cm³/mol. The molecule has 128 valence electrons. The Labute approximate surface area is 152 Å². The van der Waals surface area contributed by atoms with Crippen LogP contribution in [0.15, 0.2) is 47.8 Å². The van der Waals surface area contributed by atoms with E-state index >= 15 is 0 Å². The zero-order chi connectivity index (χ0) is 17.8. The highest BCUT2D eigenvalue weighted by Crippen LogP contribution is 2.31. The van der Waals surface area contributed by atoms with Crippen LogP contribution in [0.4, 0.5) is 15.2 Å². The van der Waals surface area contributed by atoms with Gasteiger partial charge in [-0.1, -0.05) is 23.7 Å². The smallest absolute Gasteiger partial charge is 0.262 e. The molecule has 1 amide bonds. The summed E-state index contributed by atoms with van der Waals surface area (Å²) in [5.41, 5.74) is 7.48. The number of anilines is 2. The van der Waals surface area contributed by atoms with Crippen LogP contribution >= 0.6 is 22.9 Å². The van der Waals surface area contributed by atoms with Crippen molar-refractivity contribution in [1.82, 2.24) is 4.98 Å². The topological polar surface area (TPSA) is 77.2 Å². The minimum Gasteiger partial charge on any atom is -0.483 e. The first-order valence-corrected chi connectivity index (χ1v) is 8.47. The second-order valence-electron chi connectivity index (χ2n) is 5.03. The molecule has 3 N–H and O–H groups in total. The van der Waals surface area contributed by atoms with Gasteiger partial charge in [-0.2, -0.15) is 0 Å². The maximum Gasteiger partial charge on any atom is 0.262 e. The van der Waals surface area contributed by atoms with E-state index in [0.29, 0.717) is 22.3 Å². The number of carbonyl (C=O) groups is 1. The van der Waals surface area contributed by atoms with Crippen molar-refractivity contribution in [1.29, 1.82) is 0 Å². The van der Waals surface area contributed by atoms with Crippen LogP contribution in [0.5, 0.6) is 5.75 Å². The van der Waals surface area contributed by atoms with Crippen molar-refractivity contribution in [3.63, 3.8) is 0 Å². The lowest BCUT2D eigenvalue weighted by atomic mass is 10.1. The fourth-order valence-corrected chi connectivity index (χ4v) is 2.87. The van der Waals surface area contributed by atoms with Crippen molar-refractivity contribution < 1.29 is 13.9 Å². The molecule has 0 spiro atoms. The first-order valence-electron chi connectivity index (χ1n) is 7.21. The monoisotopic (exact) mass is 377 g/mol. The number of aromatic nitrogens is 1. The Morgan fingerprint density at radius 3 is 2.84 bits per heavy atom. The molecule has 0 aliphatic carbocycles. The standard InChI is InChI=1S/C17H13ClFN3O2S/c18-12-7-10(5-6-13(12)19)21-16(23)8-24-15-4-2-1-3-11(15)14-9-25-17(20)22-14/h1-7,9H,8H2,(H2,20,22)(H,21,23). The summed E-state index contributed by atoms with van der Waals surface area (Å²) in [4.78, 5) is 16.2. The number of nitrogens with two attached hydrogens (primary N) is 1. The van der Waals surface area contributed by atoms with Crippen LogP contribution in [-0.4, -0.2) is 17.5 Å². The molecule has 0 unspecified atom stereocenters. The molecule has 0 fully saturated rings. The number of nitrogens with zero attached hydrogens (tertiary/aromatic N) is 1. The fourth-order valence-electron chi connectivity index (χ4n) is 2.13. The van der Waals surface area contributed by atoms with E-state index in [1.165, 1.54) is 29.5 Å². The van der Waals surface area contributed by atoms with E-state index in [1.54, 1.807) is 12.1 Å². The Bertz CT molecular complexity index is 916. The molecule has 1 heterocycles. The second kappa shape index (κ2) is 7.50. The Morgan fingerprint density at radius 2 is 2.12 bits per heavy atom. The Balaban J connectivity index is 1.67. The Kier molecular flexibility index (Phi) is 5.16. The summed E-state index contributed by atoms with van der Waals surface area (Å²) in [7, 11) is 0. The van der Waals surface area contributed by atoms with E-state index in [0.717, 1.165) is 5.56 Å². The maximum absolute atomic E-state index is 13.1. The van der Waals surface area contributed by atoms with E-state index < -0.39 is 11.7 Å². The van der Waals surface area contributed by atoms with Gasteiger partial charge < -0.3 is 15.8 Å². The summed E-state index contributed by atoms with van der Waals surface area (Å²) in [6, 6.07) is 11.2. The van der Waals surface area contributed by atoms with Gasteiger partial charge in [0.1, 0.15) is 11.6 Å². The Morgan fingerprint density at radius 1 is 1.32 bits per heavy atom. The zero-order valence-electron chi connectivity index (χ0n) is 12.8. The lowest BCUT2D eigenvalue weighted by Crippen LogP contribution is -2.20. The van der Waals surface area contributed by atoms with Gasteiger partial charge >= 0.3 is 0 Å². The van der Waals surface area contributed by atoms with E-state index in [1.807, 2.05) is 17.5 Å². The van der Waals surface area contributed by atoms with E-state index in [2.05, 4.69) is 10.3 Å². The first-order chi connectivity index (χ1) is 12.0. The highest BCUT2D eigenvalue weighted by molar-refractivity contribution is 7.13. The molecule has 0 saturated heterocycles. The van der Waals surface area contributed by atoms with Crippen molar-refractivity contribution >= 4 is 39.7 Å². The summed E-state index contributed by atoms with van der Waals surface area (Å²) in [5.74, 6) is -0.428. The molecule has 5 nitrogen and oxygen atoms in total. The summed E-state index contributed by atoms with van der Waals surface area (Å²) in [5, 5.41) is 4.80. The third kappa shape index (κ3) is 4.26. The highest BCUT2D eigenvalue weighted by atomic mass is 35.5. The number of ether oxygens (including phenoxy) is 1. The van der Waals surface area contributed by atoms with E-state index in [-0.39, 0.29) is 11.6 Å². The average molecular weight is 378 g/mol. The highest BCUT2D eigenvalue weighted by Gasteiger charge is 2.11. The van der Waals surface area contributed by atoms with Gasteiger partial charge in [0.15, 0.2) is 11.7 Å². The summed E-state index contributed by atoms with van der Waals surface area (Å²) in [6.45, 7) is -0.217. The number of para-hydroxylation sites is 1. The van der Waals surface area contributed by atoms with Crippen molar-refractivity contribution in [3.8, 4) is 17.0 Å². The minimum absolute atomic E-state index is 0.0646. The molecule has 8 heteroatoms. The van der Waals surface area contributed by atoms with Crippen LogP contribution in [0.2, 0.25) is 5.02 Å². The van der Waals surface area contributed by atoms with Gasteiger partial charge in [0.05, 0.1) is 10.7 Å². The SMILES string of the molecule is Nc1nc(-c2ccccc2OCC(=O)Nc2ccc(F)c(Cl)c2)cs1. The molecule has 25 heavy (non-hydrogen) atoms. The van der Waals surface area contributed by atoms with Crippen LogP contribution < -0.4 is 15.8 Å². The lowest BCUT2D eigenvalue weighted by molar-refractivity contribution is -0.118. The molecule has 3 rings (SSSR count). The number of carbonyl (C=O) groups excluding carboxylic acids is 1. The fraction of sp³-hybridized carbons (Fsp3) is 0.0588. The quantitative estimate of drug-likeness (QED) is 0.698. The third-order valence-corrected chi connectivity index (χ3v) is 4.21. The third-order valence-electron chi connectivity index (χ3n) is 3.25. The van der Waals surface area contributed by atoms with Crippen molar-refractivity contribution in [2.45, 2.75) is 0 Å². The number of amides is 1. The van der Waals surface area contributed by atoms with Crippen LogP contribution in [0.25, 0.3) is 11.3 Å². The summed E-state index contributed by atoms with van der Waals surface area (Å²) < 4.78 is 18.7. The number of halogens is 2. The minimum atomic E-state index is -0.549. The summed E-state index contributed by atoms with van der Waals surface area (Å²) >= 11 is 7.01. The number of rotatable bonds is 5. The van der Waals surface area contributed by atoms with Crippen LogP contribution in [0, 0.1) is 5.82 Å². The van der Waals surface area contributed by atoms with E-state index in [9.17, 15) is 9.18 Å². The molecule has 2 aromatic carbocycles. The van der Waals surface area contributed by atoms with Gasteiger partial charge in [-0.15, -0.1) is 11.3 Å². The van der Waals surface area contributed by atoms with E-state index in [4.69, 9.17) is 22.1 Å². The Hall–Kier alpha value is -2.64. The molecule has 3 aromatic rings. The van der Waals surface area contributed by atoms with Crippen LogP contribution in [0.3, 0.4) is 0 Å². The number of benzene rings is 2. The molecular formula is C17H13ClFN3O2S.